The molecule has 1 fully saturated rings. The molecule has 0 bridgehead atoms. The molecule has 0 saturated carbocycles. The standard InChI is InChI=1S/C18H17BrN6O2/c1-23-16(26)14-5-3-2-4-13(14)15(22-23)17(27)24-6-8-25(9-7-24)18-20-10-12(19)11-21-18/h2-5,10-11H,6-9H2,1H3. The van der Waals surface area contributed by atoms with Gasteiger partial charge in [-0.25, -0.2) is 14.6 Å². The molecule has 1 aliphatic rings. The molecule has 27 heavy (non-hydrogen) atoms. The maximum Gasteiger partial charge on any atom is 0.275 e. The van der Waals surface area contributed by atoms with Crippen molar-refractivity contribution in [1.82, 2.24) is 24.6 Å². The molecule has 1 aliphatic heterocycles. The lowest BCUT2D eigenvalue weighted by atomic mass is 10.1. The SMILES string of the molecule is Cn1nc(C(=O)N2CCN(c3ncc(Br)cn3)CC2)c2ccccc2c1=O. The van der Waals surface area contributed by atoms with Crippen LogP contribution in [0.2, 0.25) is 0 Å². The van der Waals surface area contributed by atoms with Crippen LogP contribution in [0.15, 0.2) is 45.9 Å². The second-order valence-electron chi connectivity index (χ2n) is 6.30. The lowest BCUT2D eigenvalue weighted by Crippen LogP contribution is -2.49. The monoisotopic (exact) mass is 428 g/mol. The number of carbonyl (C=O) groups is 1. The zero-order valence-electron chi connectivity index (χ0n) is 14.7. The Kier molecular flexibility index (Phi) is 4.61. The van der Waals surface area contributed by atoms with Crippen LogP contribution in [0.1, 0.15) is 10.5 Å². The van der Waals surface area contributed by atoms with Crippen molar-refractivity contribution in [2.75, 3.05) is 31.1 Å². The molecule has 0 radical (unpaired) electrons. The summed E-state index contributed by atoms with van der Waals surface area (Å²) in [5, 5.41) is 5.32. The largest absolute Gasteiger partial charge is 0.337 e. The molecule has 0 unspecified atom stereocenters. The van der Waals surface area contributed by atoms with Crippen LogP contribution in [0.4, 0.5) is 5.95 Å². The minimum absolute atomic E-state index is 0.168. The zero-order valence-corrected chi connectivity index (χ0v) is 16.3. The molecule has 3 heterocycles. The van der Waals surface area contributed by atoms with Crippen molar-refractivity contribution in [1.29, 1.82) is 0 Å². The molecule has 0 N–H and O–H groups in total. The molecule has 4 rings (SSSR count). The lowest BCUT2D eigenvalue weighted by Gasteiger charge is -2.34. The third-order valence-electron chi connectivity index (χ3n) is 4.62. The fourth-order valence-corrected chi connectivity index (χ4v) is 3.39. The quantitative estimate of drug-likeness (QED) is 0.613. The number of carbonyl (C=O) groups excluding carboxylic acids is 1. The molecule has 1 amide bonds. The number of rotatable bonds is 2. The van der Waals surface area contributed by atoms with Gasteiger partial charge in [-0.1, -0.05) is 18.2 Å². The van der Waals surface area contributed by atoms with Crippen molar-refractivity contribution in [2.24, 2.45) is 7.05 Å². The first kappa shape index (κ1) is 17.6. The van der Waals surface area contributed by atoms with Gasteiger partial charge in [0.1, 0.15) is 0 Å². The second-order valence-corrected chi connectivity index (χ2v) is 7.22. The minimum atomic E-state index is -0.209. The normalized spacial score (nSPS) is 14.6. The van der Waals surface area contributed by atoms with Gasteiger partial charge in [0.05, 0.1) is 9.86 Å². The van der Waals surface area contributed by atoms with E-state index in [2.05, 4.69) is 31.0 Å². The fourth-order valence-electron chi connectivity index (χ4n) is 3.19. The zero-order chi connectivity index (χ0) is 19.0. The van der Waals surface area contributed by atoms with Gasteiger partial charge in [-0.15, -0.1) is 0 Å². The Morgan fingerprint density at radius 3 is 2.33 bits per heavy atom. The Balaban J connectivity index is 1.57. The summed E-state index contributed by atoms with van der Waals surface area (Å²) in [6, 6.07) is 7.08. The first-order valence-electron chi connectivity index (χ1n) is 8.52. The van der Waals surface area contributed by atoms with Crippen LogP contribution < -0.4 is 10.5 Å². The van der Waals surface area contributed by atoms with E-state index < -0.39 is 0 Å². The number of aryl methyl sites for hydroxylation is 1. The van der Waals surface area contributed by atoms with Crippen molar-refractivity contribution < 1.29 is 4.79 Å². The number of nitrogens with zero attached hydrogens (tertiary/aromatic N) is 6. The number of halogens is 1. The number of hydrogen-bond acceptors (Lipinski definition) is 6. The van der Waals surface area contributed by atoms with Gasteiger partial charge in [0, 0.05) is 51.0 Å². The molecule has 138 valence electrons. The predicted octanol–water partition coefficient (Wildman–Crippen LogP) is 1.45. The summed E-state index contributed by atoms with van der Waals surface area (Å²) in [7, 11) is 1.56. The summed E-state index contributed by atoms with van der Waals surface area (Å²) in [6.07, 6.45) is 3.42. The van der Waals surface area contributed by atoms with Gasteiger partial charge in [0.2, 0.25) is 5.95 Å². The van der Waals surface area contributed by atoms with Crippen molar-refractivity contribution in [3.05, 3.63) is 57.2 Å². The van der Waals surface area contributed by atoms with Gasteiger partial charge in [0.25, 0.3) is 11.5 Å². The van der Waals surface area contributed by atoms with Gasteiger partial charge < -0.3 is 9.80 Å². The number of hydrogen-bond donors (Lipinski definition) is 0. The van der Waals surface area contributed by atoms with Crippen molar-refractivity contribution in [3.8, 4) is 0 Å². The number of piperazine rings is 1. The van der Waals surface area contributed by atoms with Crippen LogP contribution in [0, 0.1) is 0 Å². The highest BCUT2D eigenvalue weighted by Gasteiger charge is 2.26. The van der Waals surface area contributed by atoms with Crippen molar-refractivity contribution in [3.63, 3.8) is 0 Å². The van der Waals surface area contributed by atoms with E-state index in [0.717, 1.165) is 4.47 Å². The van der Waals surface area contributed by atoms with Crippen LogP contribution in [0.3, 0.4) is 0 Å². The van der Waals surface area contributed by atoms with E-state index in [-0.39, 0.29) is 11.5 Å². The summed E-state index contributed by atoms with van der Waals surface area (Å²) in [4.78, 5) is 37.7. The smallest absolute Gasteiger partial charge is 0.275 e. The van der Waals surface area contributed by atoms with E-state index in [1.807, 2.05) is 11.0 Å². The highest BCUT2D eigenvalue weighted by atomic mass is 79.9. The first-order valence-corrected chi connectivity index (χ1v) is 9.32. The molecule has 8 nitrogen and oxygen atoms in total. The molecular weight excluding hydrogens is 412 g/mol. The molecule has 2 aromatic heterocycles. The summed E-state index contributed by atoms with van der Waals surface area (Å²) in [5.74, 6) is 0.481. The van der Waals surface area contributed by atoms with Crippen LogP contribution in [0.25, 0.3) is 10.8 Å². The molecule has 0 spiro atoms. The van der Waals surface area contributed by atoms with Crippen LogP contribution >= 0.6 is 15.9 Å². The number of fused-ring (bicyclic) bond motifs is 1. The van der Waals surface area contributed by atoms with Crippen LogP contribution in [-0.4, -0.2) is 56.7 Å². The number of benzene rings is 1. The van der Waals surface area contributed by atoms with E-state index >= 15 is 0 Å². The first-order chi connectivity index (χ1) is 13.0. The average Bonchev–Trinajstić information content (AvgIpc) is 2.71. The molecular formula is C18H17BrN6O2. The van der Waals surface area contributed by atoms with Gasteiger partial charge in [-0.2, -0.15) is 5.10 Å². The van der Waals surface area contributed by atoms with Crippen molar-refractivity contribution in [2.45, 2.75) is 0 Å². The molecule has 0 aliphatic carbocycles. The highest BCUT2D eigenvalue weighted by Crippen LogP contribution is 2.18. The third-order valence-corrected chi connectivity index (χ3v) is 5.03. The second kappa shape index (κ2) is 7.07. The topological polar surface area (TPSA) is 84.2 Å². The Bertz CT molecular complexity index is 1060. The summed E-state index contributed by atoms with van der Waals surface area (Å²) < 4.78 is 2.05. The Morgan fingerprint density at radius 2 is 1.67 bits per heavy atom. The molecule has 0 atom stereocenters. The van der Waals surface area contributed by atoms with E-state index in [1.165, 1.54) is 4.68 Å². The van der Waals surface area contributed by atoms with Gasteiger partial charge in [-0.3, -0.25) is 9.59 Å². The lowest BCUT2D eigenvalue weighted by molar-refractivity contribution is 0.0740. The van der Waals surface area contributed by atoms with E-state index in [0.29, 0.717) is 48.6 Å². The number of aromatic nitrogens is 4. The summed E-state index contributed by atoms with van der Waals surface area (Å²) >= 11 is 3.33. The fraction of sp³-hybridized carbons (Fsp3) is 0.278. The van der Waals surface area contributed by atoms with Crippen molar-refractivity contribution >= 4 is 38.6 Å². The Morgan fingerprint density at radius 1 is 1.04 bits per heavy atom. The molecule has 9 heteroatoms. The molecule has 1 aromatic carbocycles. The molecule has 1 saturated heterocycles. The highest BCUT2D eigenvalue weighted by molar-refractivity contribution is 9.10. The van der Waals surface area contributed by atoms with E-state index in [4.69, 9.17) is 0 Å². The van der Waals surface area contributed by atoms with Gasteiger partial charge in [0.15, 0.2) is 5.69 Å². The van der Waals surface area contributed by atoms with Crippen LogP contribution in [0.5, 0.6) is 0 Å². The van der Waals surface area contributed by atoms with E-state index in [1.54, 1.807) is 42.5 Å². The maximum atomic E-state index is 13.1. The minimum Gasteiger partial charge on any atom is -0.337 e. The third kappa shape index (κ3) is 3.30. The Hall–Kier alpha value is -2.81. The summed E-state index contributed by atoms with van der Waals surface area (Å²) in [6.45, 7) is 2.35. The van der Waals surface area contributed by atoms with E-state index in [9.17, 15) is 9.59 Å². The summed E-state index contributed by atoms with van der Waals surface area (Å²) in [5.41, 5.74) is 0.0976. The number of anilines is 1. The Labute approximate surface area is 163 Å². The maximum absolute atomic E-state index is 13.1. The van der Waals surface area contributed by atoms with Crippen LogP contribution in [-0.2, 0) is 7.05 Å². The van der Waals surface area contributed by atoms with Gasteiger partial charge >= 0.3 is 0 Å². The van der Waals surface area contributed by atoms with Gasteiger partial charge in [-0.05, 0) is 22.0 Å². The number of amides is 1. The average molecular weight is 429 g/mol. The molecule has 3 aromatic rings. The predicted molar refractivity (Wildman–Crippen MR) is 105 cm³/mol.